The van der Waals surface area contributed by atoms with Gasteiger partial charge in [0.05, 0.1) is 0 Å². The van der Waals surface area contributed by atoms with E-state index in [1.54, 1.807) is 0 Å². The van der Waals surface area contributed by atoms with Crippen LogP contribution in [0, 0.1) is 0 Å². The molecule has 1 heteroatoms. The maximum Gasteiger partial charge on any atom is 0.0454 e. The Morgan fingerprint density at radius 3 is 1.39 bits per heavy atom. The fraction of sp³-hybridized carbons (Fsp3) is 0.400. The zero-order valence-corrected chi connectivity index (χ0v) is 20.2. The molecule has 164 valence electrons. The molecule has 3 rings (SSSR count). The summed E-state index contributed by atoms with van der Waals surface area (Å²) in [7, 11) is 1.05. The van der Waals surface area contributed by atoms with E-state index in [2.05, 4.69) is 97.9 Å². The fourth-order valence-electron chi connectivity index (χ4n) is 4.71. The van der Waals surface area contributed by atoms with Gasteiger partial charge in [-0.1, -0.05) is 136 Å². The van der Waals surface area contributed by atoms with Gasteiger partial charge >= 0.3 is 0 Å². The van der Waals surface area contributed by atoms with Gasteiger partial charge in [0.2, 0.25) is 0 Å². The van der Waals surface area contributed by atoms with E-state index in [4.69, 9.17) is 0 Å². The van der Waals surface area contributed by atoms with Gasteiger partial charge in [-0.05, 0) is 41.9 Å². The number of hydrogen-bond donors (Lipinski definition) is 0. The van der Waals surface area contributed by atoms with Crippen molar-refractivity contribution in [3.05, 3.63) is 108 Å². The molecule has 0 bridgehead atoms. The average molecular weight is 431 g/mol. The van der Waals surface area contributed by atoms with Crippen molar-refractivity contribution in [2.45, 2.75) is 63.7 Å². The molecule has 31 heavy (non-hydrogen) atoms. The fourth-order valence-corrected chi connectivity index (χ4v) is 6.01. The molecular weight excluding hydrogens is 391 g/mol. The summed E-state index contributed by atoms with van der Waals surface area (Å²) in [5.74, 6) is 0. The van der Waals surface area contributed by atoms with E-state index >= 15 is 0 Å². The lowest BCUT2D eigenvalue weighted by molar-refractivity contribution is 0.595. The molecule has 0 aliphatic carbocycles. The van der Waals surface area contributed by atoms with Crippen LogP contribution in [0.4, 0.5) is 0 Å². The first-order valence-electron chi connectivity index (χ1n) is 12.2. The molecule has 0 radical (unpaired) electrons. The second-order valence-electron chi connectivity index (χ2n) is 8.62. The summed E-state index contributed by atoms with van der Waals surface area (Å²) in [6.07, 6.45) is 13.7. The number of rotatable bonds is 14. The minimum Gasteiger partial charge on any atom is -0.122 e. The Morgan fingerprint density at radius 2 is 0.935 bits per heavy atom. The van der Waals surface area contributed by atoms with E-state index in [0.29, 0.717) is 0 Å². The van der Waals surface area contributed by atoms with Crippen LogP contribution in [0.1, 0.15) is 75.0 Å². The van der Waals surface area contributed by atoms with Crippen LogP contribution in [0.25, 0.3) is 0 Å². The monoisotopic (exact) mass is 430 g/mol. The highest BCUT2D eigenvalue weighted by atomic mass is 31.1. The van der Waals surface area contributed by atoms with Gasteiger partial charge < -0.3 is 0 Å². The molecule has 0 saturated carbocycles. The highest BCUT2D eigenvalue weighted by Crippen LogP contribution is 2.43. The second-order valence-corrected chi connectivity index (χ2v) is 10.1. The van der Waals surface area contributed by atoms with Crippen LogP contribution in [0.2, 0.25) is 0 Å². The molecule has 0 aliphatic heterocycles. The molecule has 0 aliphatic rings. The van der Waals surface area contributed by atoms with Crippen molar-refractivity contribution in [2.24, 2.45) is 0 Å². The summed E-state index contributed by atoms with van der Waals surface area (Å²) in [4.78, 5) is 0. The molecule has 0 N–H and O–H groups in total. The Kier molecular flexibility index (Phi) is 10.3. The molecule has 0 aromatic heterocycles. The minimum atomic E-state index is -0.0725. The van der Waals surface area contributed by atoms with E-state index in [-0.39, 0.29) is 5.41 Å². The SMILES string of the molecule is CCCCCCCCCPCCC(c1ccccc1)(c1ccccc1)c1ccccc1. The molecule has 0 fully saturated rings. The molecule has 0 nitrogen and oxygen atoms in total. The molecule has 3 aromatic carbocycles. The van der Waals surface area contributed by atoms with Crippen LogP contribution in [-0.2, 0) is 5.41 Å². The van der Waals surface area contributed by atoms with Crippen molar-refractivity contribution in [2.75, 3.05) is 12.3 Å². The maximum absolute atomic E-state index is 2.32. The first kappa shape index (κ1) is 23.7. The van der Waals surface area contributed by atoms with Gasteiger partial charge in [0.25, 0.3) is 0 Å². The van der Waals surface area contributed by atoms with Gasteiger partial charge in [-0.25, -0.2) is 0 Å². The summed E-state index contributed by atoms with van der Waals surface area (Å²) in [6, 6.07) is 33.5. The van der Waals surface area contributed by atoms with E-state index in [1.807, 2.05) is 0 Å². The Balaban J connectivity index is 1.70. The van der Waals surface area contributed by atoms with Crippen molar-refractivity contribution in [1.82, 2.24) is 0 Å². The van der Waals surface area contributed by atoms with Crippen molar-refractivity contribution in [3.63, 3.8) is 0 Å². The summed E-state index contributed by atoms with van der Waals surface area (Å²) >= 11 is 0. The van der Waals surface area contributed by atoms with Crippen LogP contribution in [0.15, 0.2) is 91.0 Å². The van der Waals surface area contributed by atoms with E-state index in [0.717, 1.165) is 8.58 Å². The van der Waals surface area contributed by atoms with Crippen LogP contribution in [0.5, 0.6) is 0 Å². The smallest absolute Gasteiger partial charge is 0.0454 e. The first-order valence-corrected chi connectivity index (χ1v) is 13.7. The second kappa shape index (κ2) is 13.5. The number of unbranched alkanes of at least 4 members (excludes halogenated alkanes) is 6. The molecule has 1 atom stereocenters. The number of benzene rings is 3. The molecule has 3 aromatic rings. The van der Waals surface area contributed by atoms with Crippen LogP contribution in [0.3, 0.4) is 0 Å². The first-order chi connectivity index (χ1) is 15.4. The summed E-state index contributed by atoms with van der Waals surface area (Å²) in [6.45, 7) is 2.29. The van der Waals surface area contributed by atoms with E-state index in [9.17, 15) is 0 Å². The average Bonchev–Trinajstić information content (AvgIpc) is 2.84. The molecular formula is C30H39P. The summed E-state index contributed by atoms with van der Waals surface area (Å²) in [5, 5.41) is 0. The zero-order valence-electron chi connectivity index (χ0n) is 19.2. The predicted octanol–water partition coefficient (Wildman–Crippen LogP) is 8.84. The normalized spacial score (nSPS) is 11.9. The van der Waals surface area contributed by atoms with Gasteiger partial charge in [-0.3, -0.25) is 0 Å². The summed E-state index contributed by atoms with van der Waals surface area (Å²) < 4.78 is 0. The Labute approximate surface area is 192 Å². The van der Waals surface area contributed by atoms with E-state index in [1.165, 1.54) is 80.4 Å². The van der Waals surface area contributed by atoms with E-state index < -0.39 is 0 Å². The predicted molar refractivity (Wildman–Crippen MR) is 140 cm³/mol. The standard InChI is InChI=1S/C30H39P/c1-2-3-4-5-6-7-17-25-31-26-24-30(27-18-11-8-12-19-27,28-20-13-9-14-21-28)29-22-15-10-16-23-29/h8-16,18-23,31H,2-7,17,24-26H2,1H3. The van der Waals surface area contributed by atoms with Crippen molar-refractivity contribution in [3.8, 4) is 0 Å². The third-order valence-electron chi connectivity index (χ3n) is 6.43. The molecule has 0 amide bonds. The number of hydrogen-bond acceptors (Lipinski definition) is 0. The Morgan fingerprint density at radius 1 is 0.516 bits per heavy atom. The maximum atomic E-state index is 2.32. The van der Waals surface area contributed by atoms with Crippen molar-refractivity contribution >= 4 is 8.58 Å². The zero-order chi connectivity index (χ0) is 21.6. The van der Waals surface area contributed by atoms with Gasteiger partial charge in [0.1, 0.15) is 0 Å². The van der Waals surface area contributed by atoms with Gasteiger partial charge in [0.15, 0.2) is 0 Å². The molecule has 0 heterocycles. The third-order valence-corrected chi connectivity index (χ3v) is 7.74. The highest BCUT2D eigenvalue weighted by molar-refractivity contribution is 7.37. The topological polar surface area (TPSA) is 0 Å². The van der Waals surface area contributed by atoms with Crippen molar-refractivity contribution < 1.29 is 0 Å². The molecule has 1 unspecified atom stereocenters. The molecule has 0 spiro atoms. The van der Waals surface area contributed by atoms with Crippen LogP contribution >= 0.6 is 8.58 Å². The lowest BCUT2D eigenvalue weighted by atomic mass is 9.68. The van der Waals surface area contributed by atoms with Crippen LogP contribution in [-0.4, -0.2) is 12.3 Å². The van der Waals surface area contributed by atoms with Gasteiger partial charge in [-0.15, -0.1) is 8.58 Å². The van der Waals surface area contributed by atoms with Gasteiger partial charge in [-0.2, -0.15) is 0 Å². The van der Waals surface area contributed by atoms with Crippen LogP contribution < -0.4 is 0 Å². The largest absolute Gasteiger partial charge is 0.122 e. The van der Waals surface area contributed by atoms with Crippen molar-refractivity contribution in [1.29, 1.82) is 0 Å². The quantitative estimate of drug-likeness (QED) is 0.136. The lowest BCUT2D eigenvalue weighted by Gasteiger charge is -2.36. The Bertz CT molecular complexity index is 729. The highest BCUT2D eigenvalue weighted by Gasteiger charge is 2.35. The Hall–Kier alpha value is -1.91. The summed E-state index contributed by atoms with van der Waals surface area (Å²) in [5.41, 5.74) is 4.16. The minimum absolute atomic E-state index is 0.0725. The third kappa shape index (κ3) is 6.78. The molecule has 0 saturated heterocycles. The lowest BCUT2D eigenvalue weighted by Crippen LogP contribution is -2.30. The van der Waals surface area contributed by atoms with Gasteiger partial charge in [0, 0.05) is 5.41 Å².